The summed E-state index contributed by atoms with van der Waals surface area (Å²) in [4.78, 5) is 4.16. The van der Waals surface area contributed by atoms with Crippen LogP contribution in [0.5, 0.6) is 5.88 Å². The van der Waals surface area contributed by atoms with Crippen LogP contribution < -0.4 is 10.5 Å². The molecule has 2 heterocycles. The number of pyridine rings is 1. The van der Waals surface area contributed by atoms with Crippen LogP contribution in [-0.4, -0.2) is 16.7 Å². The fourth-order valence-electron chi connectivity index (χ4n) is 3.06. The molecule has 1 atom stereocenters. The number of aromatic nitrogens is 2. The summed E-state index contributed by atoms with van der Waals surface area (Å²) in [6, 6.07) is 6.48. The van der Waals surface area contributed by atoms with Crippen LogP contribution in [-0.2, 0) is 13.0 Å². The highest BCUT2D eigenvalue weighted by atomic mass is 16.5. The first-order chi connectivity index (χ1) is 9.69. The molecule has 20 heavy (non-hydrogen) atoms. The van der Waals surface area contributed by atoms with E-state index in [2.05, 4.69) is 22.5 Å². The van der Waals surface area contributed by atoms with Gasteiger partial charge in [0.1, 0.15) is 0 Å². The van der Waals surface area contributed by atoms with Crippen molar-refractivity contribution in [2.24, 2.45) is 5.73 Å². The standard InChI is InChI=1S/C16H21N3O/c1-11-8-13-14(17)4-3-5-15(13)19(11)10-12-6-7-18-16(9-12)20-2/h6-9,14H,3-5,10,17H2,1-2H3. The number of fused-ring (bicyclic) bond motifs is 1. The molecule has 0 spiro atoms. The molecule has 1 unspecified atom stereocenters. The van der Waals surface area contributed by atoms with Gasteiger partial charge >= 0.3 is 0 Å². The van der Waals surface area contributed by atoms with E-state index in [4.69, 9.17) is 10.5 Å². The smallest absolute Gasteiger partial charge is 0.213 e. The van der Waals surface area contributed by atoms with Crippen molar-refractivity contribution in [3.05, 3.63) is 46.9 Å². The number of ether oxygens (including phenoxy) is 1. The lowest BCUT2D eigenvalue weighted by Gasteiger charge is -2.21. The third kappa shape index (κ3) is 2.31. The fraction of sp³-hybridized carbons (Fsp3) is 0.438. The van der Waals surface area contributed by atoms with Crippen LogP contribution >= 0.6 is 0 Å². The summed E-state index contributed by atoms with van der Waals surface area (Å²) < 4.78 is 7.57. The molecule has 3 rings (SSSR count). The summed E-state index contributed by atoms with van der Waals surface area (Å²) in [5.41, 5.74) is 11.4. The molecule has 1 aliphatic carbocycles. The van der Waals surface area contributed by atoms with Gasteiger partial charge in [0, 0.05) is 36.2 Å². The number of nitrogens with two attached hydrogens (primary N) is 1. The summed E-state index contributed by atoms with van der Waals surface area (Å²) in [5.74, 6) is 0.665. The molecule has 0 radical (unpaired) electrons. The number of nitrogens with zero attached hydrogens (tertiary/aromatic N) is 2. The van der Waals surface area contributed by atoms with Crippen LogP contribution in [0.2, 0.25) is 0 Å². The minimum Gasteiger partial charge on any atom is -0.481 e. The van der Waals surface area contributed by atoms with Gasteiger partial charge in [-0.2, -0.15) is 0 Å². The van der Waals surface area contributed by atoms with E-state index in [9.17, 15) is 0 Å². The molecule has 0 bridgehead atoms. The van der Waals surface area contributed by atoms with Crippen molar-refractivity contribution in [1.29, 1.82) is 0 Å². The lowest BCUT2D eigenvalue weighted by atomic mass is 9.93. The monoisotopic (exact) mass is 271 g/mol. The van der Waals surface area contributed by atoms with Gasteiger partial charge in [0.2, 0.25) is 5.88 Å². The Bertz CT molecular complexity index is 618. The van der Waals surface area contributed by atoms with Gasteiger partial charge in [-0.1, -0.05) is 0 Å². The number of hydrogen-bond acceptors (Lipinski definition) is 3. The molecular formula is C16H21N3O. The van der Waals surface area contributed by atoms with E-state index < -0.39 is 0 Å². The van der Waals surface area contributed by atoms with Gasteiger partial charge in [0.05, 0.1) is 7.11 Å². The maximum absolute atomic E-state index is 6.22. The highest BCUT2D eigenvalue weighted by molar-refractivity contribution is 5.34. The van der Waals surface area contributed by atoms with Crippen molar-refractivity contribution in [2.45, 2.75) is 38.8 Å². The van der Waals surface area contributed by atoms with Crippen molar-refractivity contribution in [3.63, 3.8) is 0 Å². The second-order valence-electron chi connectivity index (χ2n) is 5.48. The third-order valence-electron chi connectivity index (χ3n) is 4.13. The number of rotatable bonds is 3. The first-order valence-electron chi connectivity index (χ1n) is 7.12. The first kappa shape index (κ1) is 13.2. The van der Waals surface area contributed by atoms with E-state index in [0.29, 0.717) is 5.88 Å². The predicted molar refractivity (Wildman–Crippen MR) is 78.9 cm³/mol. The lowest BCUT2D eigenvalue weighted by Crippen LogP contribution is -2.18. The molecule has 2 aromatic rings. The highest BCUT2D eigenvalue weighted by Gasteiger charge is 2.22. The Kier molecular flexibility index (Phi) is 3.49. The minimum atomic E-state index is 0.200. The van der Waals surface area contributed by atoms with Gasteiger partial charge in [-0.25, -0.2) is 4.98 Å². The summed E-state index contributed by atoms with van der Waals surface area (Å²) in [6.07, 6.45) is 5.20. The number of methoxy groups -OCH3 is 1. The SMILES string of the molecule is COc1cc(Cn2c(C)cc3c2CCCC3N)ccn1. The van der Waals surface area contributed by atoms with E-state index in [1.54, 1.807) is 13.3 Å². The van der Waals surface area contributed by atoms with E-state index in [1.807, 2.05) is 12.1 Å². The van der Waals surface area contributed by atoms with Crippen molar-refractivity contribution in [2.75, 3.05) is 7.11 Å². The predicted octanol–water partition coefficient (Wildman–Crippen LogP) is 2.58. The molecule has 0 saturated carbocycles. The van der Waals surface area contributed by atoms with E-state index in [-0.39, 0.29) is 6.04 Å². The Balaban J connectivity index is 1.94. The molecule has 2 aromatic heterocycles. The van der Waals surface area contributed by atoms with Crippen molar-refractivity contribution in [3.8, 4) is 5.88 Å². The fourth-order valence-corrected chi connectivity index (χ4v) is 3.06. The van der Waals surface area contributed by atoms with Gasteiger partial charge in [-0.15, -0.1) is 0 Å². The maximum Gasteiger partial charge on any atom is 0.213 e. The zero-order valence-corrected chi connectivity index (χ0v) is 12.1. The van der Waals surface area contributed by atoms with Gasteiger partial charge in [-0.05, 0) is 49.4 Å². The minimum absolute atomic E-state index is 0.200. The summed E-state index contributed by atoms with van der Waals surface area (Å²) >= 11 is 0. The van der Waals surface area contributed by atoms with Gasteiger partial charge in [0.15, 0.2) is 0 Å². The molecular weight excluding hydrogens is 250 g/mol. The van der Waals surface area contributed by atoms with E-state index >= 15 is 0 Å². The average Bonchev–Trinajstić information content (AvgIpc) is 2.78. The second-order valence-corrected chi connectivity index (χ2v) is 5.48. The van der Waals surface area contributed by atoms with Crippen LogP contribution in [0, 0.1) is 6.92 Å². The summed E-state index contributed by atoms with van der Waals surface area (Å²) in [6.45, 7) is 3.01. The normalized spacial score (nSPS) is 17.9. The van der Waals surface area contributed by atoms with Crippen LogP contribution in [0.15, 0.2) is 24.4 Å². The van der Waals surface area contributed by atoms with Crippen LogP contribution in [0.1, 0.15) is 41.4 Å². The van der Waals surface area contributed by atoms with Gasteiger partial charge in [-0.3, -0.25) is 0 Å². The summed E-state index contributed by atoms with van der Waals surface area (Å²) in [7, 11) is 1.65. The van der Waals surface area contributed by atoms with Crippen molar-refractivity contribution in [1.82, 2.24) is 9.55 Å². The highest BCUT2D eigenvalue weighted by Crippen LogP contribution is 2.31. The topological polar surface area (TPSA) is 53.1 Å². The molecule has 0 saturated heterocycles. The van der Waals surface area contributed by atoms with E-state index in [0.717, 1.165) is 19.4 Å². The lowest BCUT2D eigenvalue weighted by molar-refractivity contribution is 0.397. The Morgan fingerprint density at radius 2 is 2.30 bits per heavy atom. The Hall–Kier alpha value is -1.81. The molecule has 0 amide bonds. The van der Waals surface area contributed by atoms with Crippen LogP contribution in [0.25, 0.3) is 0 Å². The number of hydrogen-bond donors (Lipinski definition) is 1. The molecule has 106 valence electrons. The molecule has 4 nitrogen and oxygen atoms in total. The van der Waals surface area contributed by atoms with Gasteiger partial charge < -0.3 is 15.0 Å². The number of aryl methyl sites for hydroxylation is 1. The maximum atomic E-state index is 6.22. The zero-order valence-electron chi connectivity index (χ0n) is 12.1. The summed E-state index contributed by atoms with van der Waals surface area (Å²) in [5, 5.41) is 0. The van der Waals surface area contributed by atoms with Crippen molar-refractivity contribution < 1.29 is 4.74 Å². The average molecular weight is 271 g/mol. The molecule has 4 heteroatoms. The Morgan fingerprint density at radius 1 is 1.45 bits per heavy atom. The molecule has 0 fully saturated rings. The molecule has 1 aliphatic rings. The third-order valence-corrected chi connectivity index (χ3v) is 4.13. The molecule has 0 aromatic carbocycles. The van der Waals surface area contributed by atoms with Gasteiger partial charge in [0.25, 0.3) is 0 Å². The second kappa shape index (κ2) is 5.29. The largest absolute Gasteiger partial charge is 0.481 e. The Morgan fingerprint density at radius 3 is 3.10 bits per heavy atom. The quantitative estimate of drug-likeness (QED) is 0.933. The zero-order chi connectivity index (χ0) is 14.1. The molecule has 2 N–H and O–H groups in total. The van der Waals surface area contributed by atoms with Crippen molar-refractivity contribution >= 4 is 0 Å². The first-order valence-corrected chi connectivity index (χ1v) is 7.12. The Labute approximate surface area is 119 Å². The van der Waals surface area contributed by atoms with Crippen LogP contribution in [0.3, 0.4) is 0 Å². The van der Waals surface area contributed by atoms with Crippen LogP contribution in [0.4, 0.5) is 0 Å². The van der Waals surface area contributed by atoms with E-state index in [1.165, 1.54) is 28.9 Å². The molecule has 0 aliphatic heterocycles.